The van der Waals surface area contributed by atoms with Gasteiger partial charge in [-0.25, -0.2) is 9.59 Å². The van der Waals surface area contributed by atoms with E-state index < -0.39 is 11.6 Å². The standard InChI is InChI=1S/C19H16O5/c1-2-10-22-15-9-8-13-11-16(19(21)24-17(13)12-15)18(20)23-14-6-4-3-5-7-14/h3-9,11-12H,2,10H2,1H3. The molecule has 0 bridgehead atoms. The number of esters is 1. The quantitative estimate of drug-likeness (QED) is 0.406. The average molecular weight is 324 g/mol. The molecule has 0 atom stereocenters. The van der Waals surface area contributed by atoms with Crippen molar-refractivity contribution in [1.82, 2.24) is 0 Å². The minimum Gasteiger partial charge on any atom is -0.493 e. The van der Waals surface area contributed by atoms with Crippen LogP contribution in [-0.2, 0) is 0 Å². The van der Waals surface area contributed by atoms with Crippen LogP contribution in [0.25, 0.3) is 11.0 Å². The molecular formula is C19H16O5. The second kappa shape index (κ2) is 7.00. The lowest BCUT2D eigenvalue weighted by Gasteiger charge is -2.06. The minimum atomic E-state index is -0.747. The van der Waals surface area contributed by atoms with Crippen LogP contribution >= 0.6 is 0 Å². The molecule has 0 spiro atoms. The Kier molecular flexibility index (Phi) is 4.61. The third kappa shape index (κ3) is 3.46. The second-order valence-corrected chi connectivity index (χ2v) is 5.20. The summed E-state index contributed by atoms with van der Waals surface area (Å²) >= 11 is 0. The SMILES string of the molecule is CCCOc1ccc2cc(C(=O)Oc3ccccc3)c(=O)oc2c1. The number of para-hydroxylation sites is 1. The molecule has 1 heterocycles. The Bertz CT molecular complexity index is 912. The van der Waals surface area contributed by atoms with Crippen molar-refractivity contribution in [2.75, 3.05) is 6.61 Å². The van der Waals surface area contributed by atoms with Crippen molar-refractivity contribution >= 4 is 16.9 Å². The molecule has 0 unspecified atom stereocenters. The largest absolute Gasteiger partial charge is 0.493 e. The second-order valence-electron chi connectivity index (χ2n) is 5.20. The first kappa shape index (κ1) is 15.8. The summed E-state index contributed by atoms with van der Waals surface area (Å²) in [4.78, 5) is 24.3. The molecule has 3 rings (SSSR count). The zero-order valence-corrected chi connectivity index (χ0v) is 13.2. The highest BCUT2D eigenvalue weighted by Crippen LogP contribution is 2.21. The summed E-state index contributed by atoms with van der Waals surface area (Å²) in [7, 11) is 0. The molecule has 0 N–H and O–H groups in total. The monoisotopic (exact) mass is 324 g/mol. The van der Waals surface area contributed by atoms with Crippen molar-refractivity contribution in [3.8, 4) is 11.5 Å². The van der Waals surface area contributed by atoms with Gasteiger partial charge in [0.05, 0.1) is 6.61 Å². The van der Waals surface area contributed by atoms with Crippen LogP contribution in [0.1, 0.15) is 23.7 Å². The Labute approximate surface area is 138 Å². The maximum atomic E-state index is 12.2. The molecular weight excluding hydrogens is 308 g/mol. The molecule has 0 radical (unpaired) electrons. The van der Waals surface area contributed by atoms with Crippen molar-refractivity contribution in [3.05, 3.63) is 70.6 Å². The zero-order chi connectivity index (χ0) is 16.9. The summed E-state index contributed by atoms with van der Waals surface area (Å²) in [5, 5.41) is 0.624. The lowest BCUT2D eigenvalue weighted by Crippen LogP contribution is -2.18. The lowest BCUT2D eigenvalue weighted by atomic mass is 10.2. The summed E-state index contributed by atoms with van der Waals surface area (Å²) in [6.45, 7) is 2.59. The number of carbonyl (C=O) groups is 1. The molecule has 0 saturated carbocycles. The number of hydrogen-bond acceptors (Lipinski definition) is 5. The van der Waals surface area contributed by atoms with E-state index in [1.807, 2.05) is 6.92 Å². The van der Waals surface area contributed by atoms with Gasteiger partial charge in [0.2, 0.25) is 0 Å². The Hall–Kier alpha value is -3.08. The van der Waals surface area contributed by atoms with E-state index in [0.29, 0.717) is 29.1 Å². The van der Waals surface area contributed by atoms with E-state index in [4.69, 9.17) is 13.9 Å². The Morgan fingerprint density at radius 3 is 2.58 bits per heavy atom. The van der Waals surface area contributed by atoms with Gasteiger partial charge in [0, 0.05) is 11.5 Å². The smallest absolute Gasteiger partial charge is 0.351 e. The Morgan fingerprint density at radius 2 is 1.83 bits per heavy atom. The summed E-state index contributed by atoms with van der Waals surface area (Å²) in [6, 6.07) is 15.2. The average Bonchev–Trinajstić information content (AvgIpc) is 2.60. The first-order chi connectivity index (χ1) is 11.7. The highest BCUT2D eigenvalue weighted by atomic mass is 16.5. The molecule has 3 aromatic rings. The van der Waals surface area contributed by atoms with Crippen molar-refractivity contribution in [2.45, 2.75) is 13.3 Å². The van der Waals surface area contributed by atoms with Crippen molar-refractivity contribution in [3.63, 3.8) is 0 Å². The van der Waals surface area contributed by atoms with Gasteiger partial charge in [-0.15, -0.1) is 0 Å². The van der Waals surface area contributed by atoms with E-state index in [1.54, 1.807) is 48.5 Å². The molecule has 0 amide bonds. The van der Waals surface area contributed by atoms with Crippen molar-refractivity contribution in [1.29, 1.82) is 0 Å². The number of ether oxygens (including phenoxy) is 2. The summed E-state index contributed by atoms with van der Waals surface area (Å²) < 4.78 is 15.9. The summed E-state index contributed by atoms with van der Waals surface area (Å²) in [5.41, 5.74) is -0.519. The number of carbonyl (C=O) groups excluding carboxylic acids is 1. The summed E-state index contributed by atoms with van der Waals surface area (Å²) in [5.74, 6) is 0.237. The first-order valence-corrected chi connectivity index (χ1v) is 7.65. The fourth-order valence-corrected chi connectivity index (χ4v) is 2.19. The van der Waals surface area contributed by atoms with Gasteiger partial charge in [0.1, 0.15) is 22.6 Å². The van der Waals surface area contributed by atoms with E-state index in [0.717, 1.165) is 6.42 Å². The molecule has 24 heavy (non-hydrogen) atoms. The normalized spacial score (nSPS) is 10.5. The highest BCUT2D eigenvalue weighted by Gasteiger charge is 2.16. The van der Waals surface area contributed by atoms with Crippen LogP contribution in [0.15, 0.2) is 63.8 Å². The van der Waals surface area contributed by atoms with Gasteiger partial charge in [-0.3, -0.25) is 0 Å². The Balaban J connectivity index is 1.90. The third-order valence-corrected chi connectivity index (χ3v) is 3.35. The van der Waals surface area contributed by atoms with Crippen LogP contribution in [0.3, 0.4) is 0 Å². The molecule has 5 nitrogen and oxygen atoms in total. The van der Waals surface area contributed by atoms with Gasteiger partial charge in [-0.2, -0.15) is 0 Å². The molecule has 0 fully saturated rings. The number of hydrogen-bond donors (Lipinski definition) is 0. The van der Waals surface area contributed by atoms with E-state index in [9.17, 15) is 9.59 Å². The number of rotatable bonds is 5. The van der Waals surface area contributed by atoms with Crippen LogP contribution in [-0.4, -0.2) is 12.6 Å². The molecule has 5 heteroatoms. The first-order valence-electron chi connectivity index (χ1n) is 7.65. The third-order valence-electron chi connectivity index (χ3n) is 3.35. The maximum Gasteiger partial charge on any atom is 0.351 e. The van der Waals surface area contributed by atoms with Gasteiger partial charge in [0.15, 0.2) is 0 Å². The van der Waals surface area contributed by atoms with Crippen LogP contribution < -0.4 is 15.1 Å². The van der Waals surface area contributed by atoms with E-state index in [-0.39, 0.29) is 5.56 Å². The maximum absolute atomic E-state index is 12.2. The molecule has 0 saturated heterocycles. The number of fused-ring (bicyclic) bond motifs is 1. The predicted octanol–water partition coefficient (Wildman–Crippen LogP) is 3.80. The molecule has 1 aromatic heterocycles. The van der Waals surface area contributed by atoms with Gasteiger partial charge in [-0.05, 0) is 36.8 Å². The van der Waals surface area contributed by atoms with Crippen LogP contribution in [0, 0.1) is 0 Å². The zero-order valence-electron chi connectivity index (χ0n) is 13.2. The van der Waals surface area contributed by atoms with E-state index >= 15 is 0 Å². The highest BCUT2D eigenvalue weighted by molar-refractivity contribution is 5.94. The van der Waals surface area contributed by atoms with E-state index in [1.165, 1.54) is 6.07 Å². The van der Waals surface area contributed by atoms with Crippen LogP contribution in [0.5, 0.6) is 11.5 Å². The molecule has 2 aromatic carbocycles. The van der Waals surface area contributed by atoms with E-state index in [2.05, 4.69) is 0 Å². The minimum absolute atomic E-state index is 0.145. The molecule has 0 aliphatic rings. The van der Waals surface area contributed by atoms with Gasteiger partial charge in [0.25, 0.3) is 0 Å². The molecule has 0 aliphatic carbocycles. The lowest BCUT2D eigenvalue weighted by molar-refractivity contribution is 0.0730. The Morgan fingerprint density at radius 1 is 1.04 bits per heavy atom. The van der Waals surface area contributed by atoms with Gasteiger partial charge < -0.3 is 13.9 Å². The predicted molar refractivity (Wildman–Crippen MR) is 89.7 cm³/mol. The topological polar surface area (TPSA) is 65.7 Å². The van der Waals surface area contributed by atoms with Gasteiger partial charge in [-0.1, -0.05) is 25.1 Å². The van der Waals surface area contributed by atoms with Crippen molar-refractivity contribution < 1.29 is 18.7 Å². The fourth-order valence-electron chi connectivity index (χ4n) is 2.19. The molecule has 122 valence electrons. The van der Waals surface area contributed by atoms with Crippen molar-refractivity contribution in [2.24, 2.45) is 0 Å². The number of benzene rings is 2. The summed E-state index contributed by atoms with van der Waals surface area (Å²) in [6.07, 6.45) is 0.881. The fraction of sp³-hybridized carbons (Fsp3) is 0.158. The van der Waals surface area contributed by atoms with Gasteiger partial charge >= 0.3 is 11.6 Å². The molecule has 0 aliphatic heterocycles. The van der Waals surface area contributed by atoms with Crippen LogP contribution in [0.2, 0.25) is 0 Å². The van der Waals surface area contributed by atoms with Crippen LogP contribution in [0.4, 0.5) is 0 Å².